The van der Waals surface area contributed by atoms with Crippen LogP contribution in [-0.2, 0) is 0 Å². The Morgan fingerprint density at radius 2 is 1.38 bits per heavy atom. The van der Waals surface area contributed by atoms with E-state index in [4.69, 9.17) is 0 Å². The molecule has 148 valence electrons. The van der Waals surface area contributed by atoms with E-state index in [9.17, 15) is 4.79 Å². The molecule has 1 atom stereocenters. The third kappa shape index (κ3) is 5.01. The van der Waals surface area contributed by atoms with Crippen LogP contribution in [0.4, 0.5) is 4.79 Å². The van der Waals surface area contributed by atoms with Crippen LogP contribution in [0.2, 0.25) is 0 Å². The molecule has 1 heterocycles. The third-order valence-electron chi connectivity index (χ3n) is 5.33. The predicted octanol–water partition coefficient (Wildman–Crippen LogP) is 5.67. The van der Waals surface area contributed by atoms with Gasteiger partial charge in [0.15, 0.2) is 0 Å². The lowest BCUT2D eigenvalue weighted by Gasteiger charge is -2.26. The minimum Gasteiger partial charge on any atom is -0.327 e. The molecule has 1 fully saturated rings. The standard InChI is InChI=1S/C25H26N2OS/c28-25(27-17-16-23(29-19-18-27)20-10-4-1-5-11-20)26-24(21-12-6-2-7-13-21)22-14-8-3-9-15-22/h1-15,23-24H,16-19H2,(H,26,28). The van der Waals surface area contributed by atoms with Crippen LogP contribution in [0, 0.1) is 0 Å². The van der Waals surface area contributed by atoms with Gasteiger partial charge in [0.2, 0.25) is 0 Å². The summed E-state index contributed by atoms with van der Waals surface area (Å²) < 4.78 is 0. The number of hydrogen-bond acceptors (Lipinski definition) is 2. The van der Waals surface area contributed by atoms with Crippen LogP contribution in [0.5, 0.6) is 0 Å². The molecular formula is C25H26N2OS. The van der Waals surface area contributed by atoms with Gasteiger partial charge >= 0.3 is 6.03 Å². The predicted molar refractivity (Wildman–Crippen MR) is 121 cm³/mol. The molecule has 1 N–H and O–H groups in total. The molecule has 0 bridgehead atoms. The maximum absolute atomic E-state index is 13.2. The highest BCUT2D eigenvalue weighted by Gasteiger charge is 2.24. The summed E-state index contributed by atoms with van der Waals surface area (Å²) in [6, 6.07) is 30.8. The zero-order chi connectivity index (χ0) is 19.9. The number of thioether (sulfide) groups is 1. The van der Waals surface area contributed by atoms with Crippen LogP contribution in [0.25, 0.3) is 0 Å². The first kappa shape index (κ1) is 19.6. The first-order valence-corrected chi connectivity index (χ1v) is 11.2. The first-order chi connectivity index (χ1) is 14.3. The topological polar surface area (TPSA) is 32.3 Å². The zero-order valence-electron chi connectivity index (χ0n) is 16.4. The van der Waals surface area contributed by atoms with E-state index in [1.807, 2.05) is 53.1 Å². The number of rotatable bonds is 4. The summed E-state index contributed by atoms with van der Waals surface area (Å²) in [6.07, 6.45) is 0.976. The lowest BCUT2D eigenvalue weighted by Crippen LogP contribution is -2.43. The molecule has 0 saturated carbocycles. The molecule has 29 heavy (non-hydrogen) atoms. The van der Waals surface area contributed by atoms with E-state index in [0.29, 0.717) is 5.25 Å². The van der Waals surface area contributed by atoms with Gasteiger partial charge in [0.05, 0.1) is 6.04 Å². The molecule has 1 aliphatic heterocycles. The van der Waals surface area contributed by atoms with E-state index in [-0.39, 0.29) is 12.1 Å². The van der Waals surface area contributed by atoms with Gasteiger partial charge in [0.25, 0.3) is 0 Å². The van der Waals surface area contributed by atoms with Crippen molar-refractivity contribution in [1.82, 2.24) is 10.2 Å². The molecule has 0 aromatic heterocycles. The Morgan fingerprint density at radius 1 is 0.828 bits per heavy atom. The Kier molecular flexibility index (Phi) is 6.52. The Morgan fingerprint density at radius 3 is 1.97 bits per heavy atom. The second kappa shape index (κ2) is 9.66. The van der Waals surface area contributed by atoms with Crippen molar-refractivity contribution in [3.63, 3.8) is 0 Å². The molecule has 3 aromatic rings. The number of carbonyl (C=O) groups is 1. The Bertz CT molecular complexity index is 862. The van der Waals surface area contributed by atoms with Gasteiger partial charge < -0.3 is 10.2 Å². The normalized spacial score (nSPS) is 17.0. The summed E-state index contributed by atoms with van der Waals surface area (Å²) in [7, 11) is 0. The molecule has 1 unspecified atom stereocenters. The number of nitrogens with zero attached hydrogens (tertiary/aromatic N) is 1. The van der Waals surface area contributed by atoms with Crippen LogP contribution in [0.15, 0.2) is 91.0 Å². The van der Waals surface area contributed by atoms with Gasteiger partial charge in [-0.15, -0.1) is 0 Å². The molecule has 1 saturated heterocycles. The van der Waals surface area contributed by atoms with Crippen LogP contribution < -0.4 is 5.32 Å². The van der Waals surface area contributed by atoms with Gasteiger partial charge in [-0.3, -0.25) is 0 Å². The van der Waals surface area contributed by atoms with Crippen molar-refractivity contribution >= 4 is 17.8 Å². The van der Waals surface area contributed by atoms with Crippen LogP contribution >= 0.6 is 11.8 Å². The summed E-state index contributed by atoms with van der Waals surface area (Å²) in [4.78, 5) is 15.1. The lowest BCUT2D eigenvalue weighted by molar-refractivity contribution is 0.198. The number of benzene rings is 3. The quantitative estimate of drug-likeness (QED) is 0.610. The van der Waals surface area contributed by atoms with E-state index in [1.54, 1.807) is 0 Å². The monoisotopic (exact) mass is 402 g/mol. The Hall–Kier alpha value is -2.72. The smallest absolute Gasteiger partial charge is 0.318 e. The fourth-order valence-electron chi connectivity index (χ4n) is 3.77. The molecule has 1 aliphatic rings. The number of urea groups is 1. The summed E-state index contributed by atoms with van der Waals surface area (Å²) in [6.45, 7) is 1.55. The second-order valence-corrected chi connectivity index (χ2v) is 8.56. The second-order valence-electron chi connectivity index (χ2n) is 7.25. The molecule has 0 radical (unpaired) electrons. The minimum absolute atomic E-state index is 0.0111. The largest absolute Gasteiger partial charge is 0.327 e. The Balaban J connectivity index is 1.46. The number of nitrogens with one attached hydrogen (secondary N) is 1. The number of hydrogen-bond donors (Lipinski definition) is 1. The summed E-state index contributed by atoms with van der Waals surface area (Å²) in [5.74, 6) is 0.953. The molecule has 3 nitrogen and oxygen atoms in total. The summed E-state index contributed by atoms with van der Waals surface area (Å²) in [5.41, 5.74) is 3.54. The molecule has 4 heteroatoms. The van der Waals surface area contributed by atoms with E-state index in [0.717, 1.165) is 36.4 Å². The van der Waals surface area contributed by atoms with Crippen molar-refractivity contribution in [3.05, 3.63) is 108 Å². The van der Waals surface area contributed by atoms with Crippen molar-refractivity contribution in [2.75, 3.05) is 18.8 Å². The highest BCUT2D eigenvalue weighted by Crippen LogP contribution is 2.34. The summed E-state index contributed by atoms with van der Waals surface area (Å²) >= 11 is 1.95. The number of carbonyl (C=O) groups excluding carboxylic acids is 1. The van der Waals surface area contributed by atoms with Gasteiger partial charge in [0, 0.05) is 24.1 Å². The molecule has 0 spiro atoms. The average molecular weight is 403 g/mol. The highest BCUT2D eigenvalue weighted by atomic mass is 32.2. The lowest BCUT2D eigenvalue weighted by atomic mass is 9.99. The fraction of sp³-hybridized carbons (Fsp3) is 0.240. The van der Waals surface area contributed by atoms with Gasteiger partial charge in [-0.2, -0.15) is 11.8 Å². The van der Waals surface area contributed by atoms with Gasteiger partial charge in [-0.1, -0.05) is 91.0 Å². The highest BCUT2D eigenvalue weighted by molar-refractivity contribution is 7.99. The van der Waals surface area contributed by atoms with Crippen LogP contribution in [0.3, 0.4) is 0 Å². The molecular weight excluding hydrogens is 376 g/mol. The van der Waals surface area contributed by atoms with Crippen molar-refractivity contribution in [1.29, 1.82) is 0 Å². The van der Waals surface area contributed by atoms with Gasteiger partial charge in [-0.25, -0.2) is 4.79 Å². The fourth-order valence-corrected chi connectivity index (χ4v) is 5.00. The molecule has 0 aliphatic carbocycles. The zero-order valence-corrected chi connectivity index (χ0v) is 17.2. The average Bonchev–Trinajstić information content (AvgIpc) is 3.06. The van der Waals surface area contributed by atoms with Gasteiger partial charge in [-0.05, 0) is 23.1 Å². The third-order valence-corrected chi connectivity index (χ3v) is 6.66. The number of amides is 2. The van der Waals surface area contributed by atoms with Crippen molar-refractivity contribution in [2.24, 2.45) is 0 Å². The van der Waals surface area contributed by atoms with Crippen LogP contribution in [0.1, 0.15) is 34.4 Å². The summed E-state index contributed by atoms with van der Waals surface area (Å²) in [5, 5.41) is 3.73. The van der Waals surface area contributed by atoms with E-state index < -0.39 is 0 Å². The van der Waals surface area contributed by atoms with Crippen molar-refractivity contribution < 1.29 is 4.79 Å². The molecule has 2 amide bonds. The van der Waals surface area contributed by atoms with Crippen LogP contribution in [-0.4, -0.2) is 29.8 Å². The molecule has 3 aromatic carbocycles. The first-order valence-electron chi connectivity index (χ1n) is 10.1. The maximum atomic E-state index is 13.2. The van der Waals surface area contributed by atoms with E-state index in [1.165, 1.54) is 5.56 Å². The Labute approximate surface area is 177 Å². The van der Waals surface area contributed by atoms with Gasteiger partial charge in [0.1, 0.15) is 0 Å². The van der Waals surface area contributed by atoms with E-state index in [2.05, 4.69) is 59.9 Å². The molecule has 4 rings (SSSR count). The SMILES string of the molecule is O=C(NC(c1ccccc1)c1ccccc1)N1CCSC(c2ccccc2)CC1. The maximum Gasteiger partial charge on any atom is 0.318 e. The van der Waals surface area contributed by atoms with E-state index >= 15 is 0 Å². The minimum atomic E-state index is -0.147. The van der Waals surface area contributed by atoms with Crippen molar-refractivity contribution in [2.45, 2.75) is 17.7 Å². The van der Waals surface area contributed by atoms with Crippen molar-refractivity contribution in [3.8, 4) is 0 Å².